The van der Waals surface area contributed by atoms with E-state index in [-0.39, 0.29) is 11.5 Å². The van der Waals surface area contributed by atoms with Crippen LogP contribution in [0.3, 0.4) is 0 Å². The molecule has 2 aromatic rings. The number of carbonyl (C=O) groups is 1. The predicted octanol–water partition coefficient (Wildman–Crippen LogP) is 4.85. The second-order valence-corrected chi connectivity index (χ2v) is 5.70. The molecule has 0 saturated heterocycles. The lowest BCUT2D eigenvalue weighted by atomic mass is 9.94. The molecule has 0 aromatic heterocycles. The van der Waals surface area contributed by atoms with E-state index < -0.39 is 23.6 Å². The fourth-order valence-corrected chi connectivity index (χ4v) is 2.23. The number of nitrogens with zero attached hydrogens (tertiary/aromatic N) is 2. The van der Waals surface area contributed by atoms with Crippen LogP contribution in [0.15, 0.2) is 58.5 Å². The van der Waals surface area contributed by atoms with Gasteiger partial charge in [-0.3, -0.25) is 4.79 Å². The van der Waals surface area contributed by atoms with E-state index in [0.717, 1.165) is 18.5 Å². The van der Waals surface area contributed by atoms with Crippen molar-refractivity contribution in [3.05, 3.63) is 65.2 Å². The Bertz CT molecular complexity index is 900. The summed E-state index contributed by atoms with van der Waals surface area (Å²) < 4.78 is 90.2. The summed E-state index contributed by atoms with van der Waals surface area (Å²) in [6.07, 6.45) is -10.8. The van der Waals surface area contributed by atoms with Crippen molar-refractivity contribution in [2.45, 2.75) is 18.0 Å². The van der Waals surface area contributed by atoms with Crippen LogP contribution in [-0.2, 0) is 5.67 Å². The second-order valence-electron chi connectivity index (χ2n) is 5.70. The standard InChI is InChI=1S/C18H12F7N3O/c19-16(17(20,21)22,18(23,24)25)13-5-7-14(8-6-13)27-10-28-15(26)12-3-1-11(9-29)2-4-12/h1-10H,(H2,26,27,28). The van der Waals surface area contributed by atoms with E-state index in [4.69, 9.17) is 5.73 Å². The molecule has 154 valence electrons. The highest BCUT2D eigenvalue weighted by atomic mass is 19.4. The number of rotatable bonds is 5. The number of aliphatic imine (C=N–C) groups is 2. The van der Waals surface area contributed by atoms with Crippen molar-refractivity contribution in [2.75, 3.05) is 0 Å². The van der Waals surface area contributed by atoms with Crippen molar-refractivity contribution >= 4 is 24.1 Å². The Labute approximate surface area is 159 Å². The number of nitrogens with two attached hydrogens (primary N) is 1. The summed E-state index contributed by atoms with van der Waals surface area (Å²) >= 11 is 0. The summed E-state index contributed by atoms with van der Waals surface area (Å²) in [5.74, 6) is -0.000243. The van der Waals surface area contributed by atoms with E-state index in [2.05, 4.69) is 9.98 Å². The molecule has 0 saturated carbocycles. The average Bonchev–Trinajstić information content (AvgIpc) is 2.66. The van der Waals surface area contributed by atoms with Gasteiger partial charge in [0.05, 0.1) is 5.69 Å². The zero-order valence-electron chi connectivity index (χ0n) is 14.3. The van der Waals surface area contributed by atoms with Crippen LogP contribution in [0.2, 0.25) is 0 Å². The van der Waals surface area contributed by atoms with E-state index in [9.17, 15) is 35.5 Å². The van der Waals surface area contributed by atoms with Crippen LogP contribution in [-0.4, -0.2) is 30.8 Å². The maximum Gasteiger partial charge on any atom is 0.435 e. The monoisotopic (exact) mass is 419 g/mol. The Kier molecular flexibility index (Phi) is 6.10. The van der Waals surface area contributed by atoms with Crippen molar-refractivity contribution in [3.8, 4) is 0 Å². The summed E-state index contributed by atoms with van der Waals surface area (Å²) in [6.45, 7) is 0. The Morgan fingerprint density at radius 3 is 1.79 bits per heavy atom. The molecule has 4 nitrogen and oxygen atoms in total. The van der Waals surface area contributed by atoms with Gasteiger partial charge in [0.15, 0.2) is 0 Å². The highest BCUT2D eigenvalue weighted by molar-refractivity contribution is 6.01. The van der Waals surface area contributed by atoms with Crippen LogP contribution in [0.1, 0.15) is 21.5 Å². The first-order valence-electron chi connectivity index (χ1n) is 7.74. The molecule has 0 bridgehead atoms. The molecule has 0 unspecified atom stereocenters. The lowest BCUT2D eigenvalue weighted by Crippen LogP contribution is -2.50. The molecule has 0 atom stereocenters. The third-order valence-electron chi connectivity index (χ3n) is 3.79. The predicted molar refractivity (Wildman–Crippen MR) is 92.0 cm³/mol. The SMILES string of the molecule is NC(=NC=Nc1ccc(C(F)(C(F)(F)F)C(F)(F)F)cc1)c1ccc(C=O)cc1. The maximum atomic E-state index is 13.9. The first-order chi connectivity index (χ1) is 13.4. The van der Waals surface area contributed by atoms with Gasteiger partial charge in [0, 0.05) is 16.7 Å². The van der Waals surface area contributed by atoms with Gasteiger partial charge in [0.25, 0.3) is 0 Å². The fraction of sp³-hybridized carbons (Fsp3) is 0.167. The molecule has 0 aliphatic rings. The number of hydrogen-bond donors (Lipinski definition) is 1. The van der Waals surface area contributed by atoms with Gasteiger partial charge in [-0.15, -0.1) is 0 Å². The Hall–Kier alpha value is -3.24. The summed E-state index contributed by atoms with van der Waals surface area (Å²) in [5.41, 5.74) is -0.627. The summed E-state index contributed by atoms with van der Waals surface area (Å²) in [6, 6.07) is 8.26. The van der Waals surface area contributed by atoms with Crippen LogP contribution in [0, 0.1) is 0 Å². The van der Waals surface area contributed by atoms with Crippen molar-refractivity contribution < 1.29 is 35.5 Å². The number of amidine groups is 1. The summed E-state index contributed by atoms with van der Waals surface area (Å²) in [7, 11) is 0. The largest absolute Gasteiger partial charge is 0.435 e. The molecule has 0 aliphatic heterocycles. The zero-order valence-corrected chi connectivity index (χ0v) is 14.3. The molecule has 11 heteroatoms. The van der Waals surface area contributed by atoms with Gasteiger partial charge < -0.3 is 5.73 Å². The number of carbonyl (C=O) groups excluding carboxylic acids is 1. The van der Waals surface area contributed by atoms with Crippen molar-refractivity contribution in [1.82, 2.24) is 0 Å². The molecule has 0 aliphatic carbocycles. The Balaban J connectivity index is 2.22. The molecule has 0 spiro atoms. The normalized spacial score (nSPS) is 13.7. The Morgan fingerprint density at radius 1 is 0.828 bits per heavy atom. The second kappa shape index (κ2) is 8.02. The molecule has 2 rings (SSSR count). The summed E-state index contributed by atoms with van der Waals surface area (Å²) in [5, 5.41) is 0. The van der Waals surface area contributed by atoms with Crippen molar-refractivity contribution in [1.29, 1.82) is 0 Å². The third kappa shape index (κ3) is 4.61. The fourth-order valence-electron chi connectivity index (χ4n) is 2.23. The van der Waals surface area contributed by atoms with E-state index in [0.29, 0.717) is 29.5 Å². The zero-order chi connectivity index (χ0) is 21.9. The first-order valence-corrected chi connectivity index (χ1v) is 7.74. The maximum absolute atomic E-state index is 13.9. The lowest BCUT2D eigenvalue weighted by Gasteiger charge is -2.30. The van der Waals surface area contributed by atoms with E-state index in [1.54, 1.807) is 0 Å². The molecule has 0 radical (unpaired) electrons. The average molecular weight is 419 g/mol. The van der Waals surface area contributed by atoms with Gasteiger partial charge in [0.1, 0.15) is 18.5 Å². The molecular formula is C18H12F7N3O. The minimum atomic E-state index is -6.19. The van der Waals surface area contributed by atoms with Crippen molar-refractivity contribution in [2.24, 2.45) is 15.7 Å². The van der Waals surface area contributed by atoms with Gasteiger partial charge in [-0.05, 0) is 12.1 Å². The molecule has 0 fully saturated rings. The molecule has 29 heavy (non-hydrogen) atoms. The number of alkyl halides is 7. The van der Waals surface area contributed by atoms with E-state index in [1.165, 1.54) is 24.3 Å². The minimum absolute atomic E-state index is 0.000243. The number of halogens is 7. The van der Waals surface area contributed by atoms with Gasteiger partial charge >= 0.3 is 18.0 Å². The van der Waals surface area contributed by atoms with E-state index >= 15 is 0 Å². The first kappa shape index (κ1) is 22.1. The summed E-state index contributed by atoms with van der Waals surface area (Å²) in [4.78, 5) is 18.1. The van der Waals surface area contributed by atoms with Crippen LogP contribution in [0.25, 0.3) is 0 Å². The molecule has 0 amide bonds. The molecule has 2 N–H and O–H groups in total. The van der Waals surface area contributed by atoms with Gasteiger partial charge in [-0.1, -0.05) is 36.4 Å². The smallest absolute Gasteiger partial charge is 0.383 e. The Morgan fingerprint density at radius 2 is 1.34 bits per heavy atom. The van der Waals surface area contributed by atoms with Gasteiger partial charge in [-0.25, -0.2) is 14.4 Å². The number of hydrogen-bond acceptors (Lipinski definition) is 2. The van der Waals surface area contributed by atoms with Gasteiger partial charge in [0.2, 0.25) is 0 Å². The van der Waals surface area contributed by atoms with Crippen LogP contribution in [0.5, 0.6) is 0 Å². The van der Waals surface area contributed by atoms with E-state index in [1.807, 2.05) is 0 Å². The van der Waals surface area contributed by atoms with Crippen LogP contribution in [0.4, 0.5) is 36.4 Å². The number of aldehydes is 1. The lowest BCUT2D eigenvalue weighted by molar-refractivity contribution is -0.348. The van der Waals surface area contributed by atoms with Crippen LogP contribution < -0.4 is 5.73 Å². The molecule has 0 heterocycles. The third-order valence-corrected chi connectivity index (χ3v) is 3.79. The van der Waals surface area contributed by atoms with Gasteiger partial charge in [-0.2, -0.15) is 26.3 Å². The van der Waals surface area contributed by atoms with Crippen LogP contribution >= 0.6 is 0 Å². The topological polar surface area (TPSA) is 67.8 Å². The van der Waals surface area contributed by atoms with Crippen molar-refractivity contribution in [3.63, 3.8) is 0 Å². The highest BCUT2D eigenvalue weighted by Crippen LogP contribution is 2.53. The molecular weight excluding hydrogens is 407 g/mol. The minimum Gasteiger partial charge on any atom is -0.383 e. The highest BCUT2D eigenvalue weighted by Gasteiger charge is 2.73. The number of benzene rings is 2. The quantitative estimate of drug-likeness (QED) is 0.326. The molecule has 2 aromatic carbocycles.